The monoisotopic (exact) mass is 263 g/mol. The minimum atomic E-state index is -0.0968. The lowest BCUT2D eigenvalue weighted by molar-refractivity contribution is 0.167. The summed E-state index contributed by atoms with van der Waals surface area (Å²) in [6.07, 6.45) is 4.58. The second-order valence-electron chi connectivity index (χ2n) is 6.88. The summed E-state index contributed by atoms with van der Waals surface area (Å²) in [6.45, 7) is 8.63. The molecule has 1 fully saturated rings. The molecule has 3 N–H and O–H groups in total. The van der Waals surface area contributed by atoms with Crippen molar-refractivity contribution in [1.82, 2.24) is 9.97 Å². The van der Waals surface area contributed by atoms with Gasteiger partial charge in [0.25, 0.3) is 5.56 Å². The summed E-state index contributed by atoms with van der Waals surface area (Å²) in [6, 6.07) is 0. The largest absolute Gasteiger partial charge is 0.383 e. The zero-order valence-corrected chi connectivity index (χ0v) is 12.4. The van der Waals surface area contributed by atoms with Crippen LogP contribution in [0.4, 0.5) is 5.82 Å². The van der Waals surface area contributed by atoms with Gasteiger partial charge in [-0.1, -0.05) is 20.8 Å². The fraction of sp³-hybridized carbons (Fsp3) is 0.733. The zero-order valence-electron chi connectivity index (χ0n) is 12.4. The average molecular weight is 263 g/mol. The Balaban J connectivity index is 2.12. The van der Waals surface area contributed by atoms with E-state index in [9.17, 15) is 4.79 Å². The molecule has 106 valence electrons. The number of H-pyrrole nitrogens is 1. The second-order valence-corrected chi connectivity index (χ2v) is 6.88. The highest BCUT2D eigenvalue weighted by atomic mass is 16.1. The molecular formula is C15H25N3O. The Hall–Kier alpha value is -1.32. The van der Waals surface area contributed by atoms with Crippen molar-refractivity contribution >= 4 is 5.82 Å². The van der Waals surface area contributed by atoms with Gasteiger partial charge in [0.15, 0.2) is 0 Å². The van der Waals surface area contributed by atoms with E-state index in [0.29, 0.717) is 22.7 Å². The van der Waals surface area contributed by atoms with Crippen LogP contribution in [-0.4, -0.2) is 9.97 Å². The van der Waals surface area contributed by atoms with Gasteiger partial charge in [0, 0.05) is 5.92 Å². The molecule has 4 nitrogen and oxygen atoms in total. The minimum Gasteiger partial charge on any atom is -0.383 e. The van der Waals surface area contributed by atoms with E-state index in [2.05, 4.69) is 30.7 Å². The number of anilines is 1. The Morgan fingerprint density at radius 3 is 2.26 bits per heavy atom. The molecular weight excluding hydrogens is 238 g/mol. The van der Waals surface area contributed by atoms with Gasteiger partial charge in [-0.2, -0.15) is 0 Å². The SMILES string of the molecule is Cc1c(N)nc(C2CCC(C(C)(C)C)CC2)[nH]c1=O. The van der Waals surface area contributed by atoms with Gasteiger partial charge in [0.1, 0.15) is 11.6 Å². The van der Waals surface area contributed by atoms with Crippen LogP contribution in [0.1, 0.15) is 63.8 Å². The van der Waals surface area contributed by atoms with Crippen LogP contribution in [0.5, 0.6) is 0 Å². The highest BCUT2D eigenvalue weighted by Crippen LogP contribution is 2.42. The van der Waals surface area contributed by atoms with Gasteiger partial charge in [-0.25, -0.2) is 4.98 Å². The van der Waals surface area contributed by atoms with E-state index in [1.54, 1.807) is 6.92 Å². The van der Waals surface area contributed by atoms with Crippen LogP contribution in [0.3, 0.4) is 0 Å². The number of nitrogens with one attached hydrogen (secondary N) is 1. The standard InChI is InChI=1S/C15H25N3O/c1-9-12(16)17-13(18-14(9)19)10-5-7-11(8-6-10)15(2,3)4/h10-11H,5-8H2,1-4H3,(H3,16,17,18,19). The van der Waals surface area contributed by atoms with E-state index < -0.39 is 0 Å². The molecule has 1 aliphatic carbocycles. The lowest BCUT2D eigenvalue weighted by Crippen LogP contribution is -2.27. The third kappa shape index (κ3) is 2.99. The topological polar surface area (TPSA) is 71.8 Å². The Kier molecular flexibility index (Phi) is 3.70. The summed E-state index contributed by atoms with van der Waals surface area (Å²) in [4.78, 5) is 19.0. The predicted molar refractivity (Wildman–Crippen MR) is 78.2 cm³/mol. The molecule has 2 rings (SSSR count). The van der Waals surface area contributed by atoms with Crippen molar-refractivity contribution in [3.05, 3.63) is 21.7 Å². The zero-order chi connectivity index (χ0) is 14.2. The third-order valence-corrected chi connectivity index (χ3v) is 4.55. The van der Waals surface area contributed by atoms with Crippen molar-refractivity contribution in [3.8, 4) is 0 Å². The van der Waals surface area contributed by atoms with Crippen LogP contribution in [0, 0.1) is 18.3 Å². The molecule has 0 aromatic carbocycles. The molecule has 0 radical (unpaired) electrons. The van der Waals surface area contributed by atoms with Gasteiger partial charge in [-0.05, 0) is 43.9 Å². The lowest BCUT2D eigenvalue weighted by atomic mass is 9.69. The molecule has 1 saturated carbocycles. The number of nitrogen functional groups attached to an aromatic ring is 1. The highest BCUT2D eigenvalue weighted by Gasteiger charge is 2.31. The molecule has 0 spiro atoms. The molecule has 0 atom stereocenters. The molecule has 1 aromatic rings. The van der Waals surface area contributed by atoms with Crippen molar-refractivity contribution in [2.75, 3.05) is 5.73 Å². The first-order valence-corrected chi connectivity index (χ1v) is 7.15. The lowest BCUT2D eigenvalue weighted by Gasteiger charge is -2.36. The molecule has 0 unspecified atom stereocenters. The molecule has 0 bridgehead atoms. The fourth-order valence-corrected chi connectivity index (χ4v) is 2.99. The van der Waals surface area contributed by atoms with Crippen LogP contribution in [-0.2, 0) is 0 Å². The maximum Gasteiger partial charge on any atom is 0.255 e. The summed E-state index contributed by atoms with van der Waals surface area (Å²) in [5.41, 5.74) is 6.59. The van der Waals surface area contributed by atoms with Crippen molar-refractivity contribution in [2.45, 2.75) is 59.3 Å². The van der Waals surface area contributed by atoms with Gasteiger partial charge in [-0.3, -0.25) is 4.79 Å². The van der Waals surface area contributed by atoms with E-state index >= 15 is 0 Å². The van der Waals surface area contributed by atoms with Crippen molar-refractivity contribution in [2.24, 2.45) is 11.3 Å². The molecule has 0 aliphatic heterocycles. The summed E-state index contributed by atoms with van der Waals surface area (Å²) in [5.74, 6) is 2.27. The van der Waals surface area contributed by atoms with E-state index in [0.717, 1.165) is 24.6 Å². The normalized spacial score (nSPS) is 24.4. The second kappa shape index (κ2) is 4.99. The number of nitrogens with two attached hydrogens (primary N) is 1. The van der Waals surface area contributed by atoms with Crippen LogP contribution in [0.15, 0.2) is 4.79 Å². The number of aromatic nitrogens is 2. The van der Waals surface area contributed by atoms with Gasteiger partial charge in [0.05, 0.1) is 5.56 Å². The number of rotatable bonds is 1. The van der Waals surface area contributed by atoms with Crippen molar-refractivity contribution in [1.29, 1.82) is 0 Å². The Bertz CT molecular complexity index is 505. The molecule has 0 amide bonds. The van der Waals surface area contributed by atoms with Crippen molar-refractivity contribution < 1.29 is 0 Å². The van der Waals surface area contributed by atoms with Crippen LogP contribution in [0.25, 0.3) is 0 Å². The number of hydrogen-bond acceptors (Lipinski definition) is 3. The quantitative estimate of drug-likeness (QED) is 0.818. The van der Waals surface area contributed by atoms with E-state index in [1.807, 2.05) is 0 Å². The summed E-state index contributed by atoms with van der Waals surface area (Å²) in [5, 5.41) is 0. The molecule has 19 heavy (non-hydrogen) atoms. The van der Waals surface area contributed by atoms with E-state index in [4.69, 9.17) is 5.73 Å². The van der Waals surface area contributed by atoms with Gasteiger partial charge in [0.2, 0.25) is 0 Å². The first-order valence-electron chi connectivity index (χ1n) is 7.15. The number of aromatic amines is 1. The Morgan fingerprint density at radius 1 is 1.21 bits per heavy atom. The Labute approximate surface area is 114 Å². The molecule has 1 heterocycles. The van der Waals surface area contributed by atoms with Crippen molar-refractivity contribution in [3.63, 3.8) is 0 Å². The summed E-state index contributed by atoms with van der Waals surface area (Å²) < 4.78 is 0. The Morgan fingerprint density at radius 2 is 1.79 bits per heavy atom. The molecule has 1 aliphatic rings. The maximum absolute atomic E-state index is 11.8. The number of nitrogens with zero attached hydrogens (tertiary/aromatic N) is 1. The molecule has 4 heteroatoms. The molecule has 0 saturated heterocycles. The van der Waals surface area contributed by atoms with Crippen LogP contribution < -0.4 is 11.3 Å². The predicted octanol–water partition coefficient (Wildman–Crippen LogP) is 2.98. The average Bonchev–Trinajstić information content (AvgIpc) is 2.34. The van der Waals surface area contributed by atoms with Crippen LogP contribution >= 0.6 is 0 Å². The van der Waals surface area contributed by atoms with E-state index in [1.165, 1.54) is 12.8 Å². The summed E-state index contributed by atoms with van der Waals surface area (Å²) >= 11 is 0. The third-order valence-electron chi connectivity index (χ3n) is 4.55. The first-order chi connectivity index (χ1) is 8.79. The first kappa shape index (κ1) is 14.1. The molecule has 1 aromatic heterocycles. The number of hydrogen-bond donors (Lipinski definition) is 2. The minimum absolute atomic E-state index is 0.0968. The van der Waals surface area contributed by atoms with Gasteiger partial charge >= 0.3 is 0 Å². The van der Waals surface area contributed by atoms with Gasteiger partial charge in [-0.15, -0.1) is 0 Å². The van der Waals surface area contributed by atoms with Crippen LogP contribution in [0.2, 0.25) is 0 Å². The smallest absolute Gasteiger partial charge is 0.255 e. The fourth-order valence-electron chi connectivity index (χ4n) is 2.99. The summed E-state index contributed by atoms with van der Waals surface area (Å²) in [7, 11) is 0. The maximum atomic E-state index is 11.8. The van der Waals surface area contributed by atoms with E-state index in [-0.39, 0.29) is 5.56 Å². The highest BCUT2D eigenvalue weighted by molar-refractivity contribution is 5.36. The van der Waals surface area contributed by atoms with Gasteiger partial charge < -0.3 is 10.7 Å².